The summed E-state index contributed by atoms with van der Waals surface area (Å²) >= 11 is 0. The van der Waals surface area contributed by atoms with Crippen LogP contribution in [0.2, 0.25) is 0 Å². The van der Waals surface area contributed by atoms with Crippen molar-refractivity contribution >= 4 is 23.2 Å². The Hall–Kier alpha value is -3.02. The van der Waals surface area contributed by atoms with Crippen LogP contribution in [0.1, 0.15) is 30.6 Å². The van der Waals surface area contributed by atoms with Gasteiger partial charge in [0, 0.05) is 17.8 Å². The maximum Gasteiger partial charge on any atom is 0.259 e. The van der Waals surface area contributed by atoms with E-state index in [1.54, 1.807) is 42.5 Å². The molecule has 26 heavy (non-hydrogen) atoms. The van der Waals surface area contributed by atoms with Gasteiger partial charge in [-0.15, -0.1) is 0 Å². The summed E-state index contributed by atoms with van der Waals surface area (Å²) in [5.74, 6) is 0.988. The van der Waals surface area contributed by atoms with Gasteiger partial charge in [0.15, 0.2) is 0 Å². The van der Waals surface area contributed by atoms with Gasteiger partial charge in [-0.1, -0.05) is 13.8 Å². The van der Waals surface area contributed by atoms with Crippen LogP contribution in [0.15, 0.2) is 42.5 Å². The summed E-state index contributed by atoms with van der Waals surface area (Å²) in [5.41, 5.74) is 1.68. The van der Waals surface area contributed by atoms with Gasteiger partial charge in [0.1, 0.15) is 11.5 Å². The van der Waals surface area contributed by atoms with E-state index < -0.39 is 0 Å². The molecule has 6 nitrogen and oxygen atoms in total. The largest absolute Gasteiger partial charge is 0.497 e. The highest BCUT2D eigenvalue weighted by atomic mass is 16.5. The summed E-state index contributed by atoms with van der Waals surface area (Å²) in [4.78, 5) is 24.3. The molecule has 0 fully saturated rings. The molecule has 0 aliphatic carbocycles. The van der Waals surface area contributed by atoms with Crippen LogP contribution in [-0.4, -0.2) is 26.0 Å². The quantitative estimate of drug-likeness (QED) is 0.788. The van der Waals surface area contributed by atoms with Crippen molar-refractivity contribution in [1.82, 2.24) is 0 Å². The van der Waals surface area contributed by atoms with Crippen LogP contribution in [-0.2, 0) is 4.79 Å². The van der Waals surface area contributed by atoms with E-state index in [0.717, 1.165) is 0 Å². The number of benzene rings is 2. The van der Waals surface area contributed by atoms with Crippen molar-refractivity contribution in [3.63, 3.8) is 0 Å². The van der Waals surface area contributed by atoms with Crippen LogP contribution in [0.5, 0.6) is 11.5 Å². The normalized spacial score (nSPS) is 10.3. The van der Waals surface area contributed by atoms with Gasteiger partial charge in [-0.05, 0) is 48.4 Å². The molecule has 2 aromatic carbocycles. The third kappa shape index (κ3) is 5.24. The Kier molecular flexibility index (Phi) is 6.60. The lowest BCUT2D eigenvalue weighted by Gasteiger charge is -2.12. The number of methoxy groups -OCH3 is 2. The minimum absolute atomic E-state index is 0.0297. The Balaban J connectivity index is 2.07. The predicted molar refractivity (Wildman–Crippen MR) is 102 cm³/mol. The first-order valence-electron chi connectivity index (χ1n) is 8.36. The molecule has 0 spiro atoms. The molecule has 6 heteroatoms. The Bertz CT molecular complexity index is 770. The topological polar surface area (TPSA) is 76.7 Å². The molecule has 0 bridgehead atoms. The lowest BCUT2D eigenvalue weighted by atomic mass is 10.1. The number of carbonyl (C=O) groups excluding carboxylic acids is 2. The van der Waals surface area contributed by atoms with Crippen molar-refractivity contribution in [2.24, 2.45) is 5.92 Å². The average molecular weight is 356 g/mol. The summed E-state index contributed by atoms with van der Waals surface area (Å²) < 4.78 is 10.4. The second-order valence-corrected chi connectivity index (χ2v) is 6.24. The number of nitrogens with one attached hydrogen (secondary N) is 2. The molecule has 2 N–H and O–H groups in total. The van der Waals surface area contributed by atoms with Gasteiger partial charge >= 0.3 is 0 Å². The summed E-state index contributed by atoms with van der Waals surface area (Å²) in [6, 6.07) is 12.0. The fourth-order valence-electron chi connectivity index (χ4n) is 2.41. The highest BCUT2D eigenvalue weighted by Gasteiger charge is 2.14. The molecule has 2 amide bonds. The predicted octanol–water partition coefficient (Wildman–Crippen LogP) is 3.94. The Morgan fingerprint density at radius 1 is 0.923 bits per heavy atom. The summed E-state index contributed by atoms with van der Waals surface area (Å²) in [7, 11) is 3.04. The zero-order valence-corrected chi connectivity index (χ0v) is 15.5. The highest BCUT2D eigenvalue weighted by Crippen LogP contribution is 2.25. The number of anilines is 2. The van der Waals surface area contributed by atoms with Gasteiger partial charge < -0.3 is 20.1 Å². The minimum Gasteiger partial charge on any atom is -0.497 e. The molecule has 0 heterocycles. The molecule has 0 aromatic heterocycles. The van der Waals surface area contributed by atoms with Crippen LogP contribution in [0, 0.1) is 5.92 Å². The third-order valence-corrected chi connectivity index (χ3v) is 3.67. The molecule has 0 saturated carbocycles. The molecule has 0 aliphatic heterocycles. The van der Waals surface area contributed by atoms with Crippen molar-refractivity contribution < 1.29 is 19.1 Å². The van der Waals surface area contributed by atoms with Crippen LogP contribution in [0.4, 0.5) is 11.4 Å². The van der Waals surface area contributed by atoms with Gasteiger partial charge in [-0.25, -0.2) is 0 Å². The van der Waals surface area contributed by atoms with Crippen LogP contribution >= 0.6 is 0 Å². The summed E-state index contributed by atoms with van der Waals surface area (Å²) in [6.45, 7) is 3.98. The van der Waals surface area contributed by atoms with Crippen LogP contribution in [0.25, 0.3) is 0 Å². The maximum atomic E-state index is 12.5. The van der Waals surface area contributed by atoms with E-state index in [4.69, 9.17) is 9.47 Å². The Morgan fingerprint density at radius 2 is 1.54 bits per heavy atom. The molecule has 138 valence electrons. The number of hydrogen-bond donors (Lipinski definition) is 2. The second kappa shape index (κ2) is 8.89. The standard InChI is InChI=1S/C20H24N2O4/c1-13(2)11-19(23)21-14-5-7-15(8-6-14)22-20(24)17-12-16(25-3)9-10-18(17)26-4/h5-10,12-13H,11H2,1-4H3,(H,21,23)(H,22,24). The van der Waals surface area contributed by atoms with E-state index in [1.807, 2.05) is 13.8 Å². The van der Waals surface area contributed by atoms with Gasteiger partial charge in [0.05, 0.1) is 19.8 Å². The Labute approximate surface area is 153 Å². The van der Waals surface area contributed by atoms with Gasteiger partial charge in [0.25, 0.3) is 5.91 Å². The first-order valence-corrected chi connectivity index (χ1v) is 8.36. The molecule has 0 atom stereocenters. The minimum atomic E-state index is -0.308. The van der Waals surface area contributed by atoms with E-state index in [1.165, 1.54) is 14.2 Å². The number of rotatable bonds is 7. The summed E-state index contributed by atoms with van der Waals surface area (Å²) in [6.07, 6.45) is 0.466. The Morgan fingerprint density at radius 3 is 2.08 bits per heavy atom. The van der Waals surface area contributed by atoms with Crippen molar-refractivity contribution in [2.45, 2.75) is 20.3 Å². The fraction of sp³-hybridized carbons (Fsp3) is 0.300. The van der Waals surface area contributed by atoms with Gasteiger partial charge in [-0.2, -0.15) is 0 Å². The molecule has 0 aliphatic rings. The van der Waals surface area contributed by atoms with Crippen LogP contribution < -0.4 is 20.1 Å². The molecule has 0 saturated heterocycles. The third-order valence-electron chi connectivity index (χ3n) is 3.67. The SMILES string of the molecule is COc1ccc(OC)c(C(=O)Nc2ccc(NC(=O)CC(C)C)cc2)c1. The molecule has 0 unspecified atom stereocenters. The molecular formula is C20H24N2O4. The number of ether oxygens (including phenoxy) is 2. The molecule has 0 radical (unpaired) electrons. The van der Waals surface area contributed by atoms with Gasteiger partial charge in [-0.3, -0.25) is 9.59 Å². The number of carbonyl (C=O) groups is 2. The average Bonchev–Trinajstić information content (AvgIpc) is 2.62. The zero-order chi connectivity index (χ0) is 19.1. The van der Waals surface area contributed by atoms with Gasteiger partial charge in [0.2, 0.25) is 5.91 Å². The van der Waals surface area contributed by atoms with Crippen molar-refractivity contribution in [3.8, 4) is 11.5 Å². The first-order chi connectivity index (χ1) is 12.4. The molecular weight excluding hydrogens is 332 g/mol. The second-order valence-electron chi connectivity index (χ2n) is 6.24. The zero-order valence-electron chi connectivity index (χ0n) is 15.5. The first kappa shape index (κ1) is 19.3. The van der Waals surface area contributed by atoms with Crippen LogP contribution in [0.3, 0.4) is 0 Å². The monoisotopic (exact) mass is 356 g/mol. The van der Waals surface area contributed by atoms with Crippen molar-refractivity contribution in [3.05, 3.63) is 48.0 Å². The summed E-state index contributed by atoms with van der Waals surface area (Å²) in [5, 5.41) is 5.64. The van der Waals surface area contributed by atoms with Crippen molar-refractivity contribution in [2.75, 3.05) is 24.9 Å². The van der Waals surface area contributed by atoms with E-state index >= 15 is 0 Å². The van der Waals surface area contributed by atoms with E-state index in [0.29, 0.717) is 40.8 Å². The lowest BCUT2D eigenvalue weighted by molar-refractivity contribution is -0.116. The van der Waals surface area contributed by atoms with Crippen molar-refractivity contribution in [1.29, 1.82) is 0 Å². The number of amides is 2. The van der Waals surface area contributed by atoms with E-state index in [2.05, 4.69) is 10.6 Å². The van der Waals surface area contributed by atoms with E-state index in [9.17, 15) is 9.59 Å². The molecule has 2 aromatic rings. The smallest absolute Gasteiger partial charge is 0.259 e. The molecule has 2 rings (SSSR count). The lowest BCUT2D eigenvalue weighted by Crippen LogP contribution is -2.15. The van der Waals surface area contributed by atoms with E-state index in [-0.39, 0.29) is 11.8 Å². The highest BCUT2D eigenvalue weighted by molar-refractivity contribution is 6.06. The fourth-order valence-corrected chi connectivity index (χ4v) is 2.41. The number of hydrogen-bond acceptors (Lipinski definition) is 4. The maximum absolute atomic E-state index is 12.5.